The Labute approximate surface area is 154 Å². The molecule has 2 atom stereocenters. The molecule has 2 aliphatic rings. The zero-order valence-electron chi connectivity index (χ0n) is 13.1. The van der Waals surface area contributed by atoms with Crippen molar-refractivity contribution in [2.45, 2.75) is 23.3 Å². The molecule has 0 bridgehead atoms. The van der Waals surface area contributed by atoms with Crippen molar-refractivity contribution in [2.75, 3.05) is 0 Å². The lowest BCUT2D eigenvalue weighted by Gasteiger charge is -2.15. The molecule has 0 radical (unpaired) electrons. The Bertz CT molecular complexity index is 929. The van der Waals surface area contributed by atoms with Crippen LogP contribution in [0.3, 0.4) is 0 Å². The van der Waals surface area contributed by atoms with Gasteiger partial charge in [-0.2, -0.15) is 16.8 Å². The summed E-state index contributed by atoms with van der Waals surface area (Å²) in [6, 6.07) is 0. The van der Waals surface area contributed by atoms with Gasteiger partial charge in [-0.05, 0) is 0 Å². The Morgan fingerprint density at radius 1 is 0.750 bits per heavy atom. The molecule has 0 aromatic carbocycles. The van der Waals surface area contributed by atoms with Gasteiger partial charge in [0, 0.05) is 0 Å². The van der Waals surface area contributed by atoms with E-state index in [-0.39, 0.29) is 0 Å². The molecule has 0 aliphatic carbocycles. The van der Waals surface area contributed by atoms with Crippen molar-refractivity contribution >= 4 is 55.8 Å². The number of carbonyl (C=O) groups is 6. The number of amides is 4. The van der Waals surface area contributed by atoms with Crippen molar-refractivity contribution in [2.24, 2.45) is 0 Å². The van der Waals surface area contributed by atoms with Gasteiger partial charge in [-0.25, -0.2) is 9.59 Å². The van der Waals surface area contributed by atoms with Gasteiger partial charge in [-0.15, -0.1) is 10.1 Å². The van der Waals surface area contributed by atoms with E-state index in [2.05, 4.69) is 9.68 Å². The van der Waals surface area contributed by atoms with E-state index in [1.807, 2.05) is 0 Å². The predicted octanol–water partition coefficient (Wildman–Crippen LogP) is -4.07. The molecule has 154 valence electrons. The largest absolute Gasteiger partial charge is 0.444 e. The minimum Gasteiger partial charge on any atom is -0.319 e. The molecular formula is C10H8N2O14S2. The summed E-state index contributed by atoms with van der Waals surface area (Å²) in [4.78, 5) is 77.4. The summed E-state index contributed by atoms with van der Waals surface area (Å²) in [5, 5.41) is -5.45. The van der Waals surface area contributed by atoms with Crippen molar-refractivity contribution in [1.29, 1.82) is 0 Å². The first-order valence-corrected chi connectivity index (χ1v) is 9.75. The van der Waals surface area contributed by atoms with Crippen molar-refractivity contribution in [3.05, 3.63) is 0 Å². The Morgan fingerprint density at radius 3 is 1.25 bits per heavy atom. The highest BCUT2D eigenvalue weighted by Crippen LogP contribution is 2.21. The number of rotatable bonds is 4. The second kappa shape index (κ2) is 6.89. The molecule has 2 heterocycles. The minimum absolute atomic E-state index is 0.448. The lowest BCUT2D eigenvalue weighted by atomic mass is 10.4. The first-order valence-electron chi connectivity index (χ1n) is 6.75. The molecule has 0 aromatic rings. The lowest BCUT2D eigenvalue weighted by Crippen LogP contribution is -2.42. The van der Waals surface area contributed by atoms with E-state index in [1.165, 1.54) is 0 Å². The summed E-state index contributed by atoms with van der Waals surface area (Å²) in [5.41, 5.74) is 0. The average Bonchev–Trinajstić information content (AvgIpc) is 2.98. The zero-order chi connectivity index (χ0) is 21.6. The molecule has 2 unspecified atom stereocenters. The predicted molar refractivity (Wildman–Crippen MR) is 75.8 cm³/mol. The van der Waals surface area contributed by atoms with E-state index in [0.29, 0.717) is 0 Å². The van der Waals surface area contributed by atoms with Crippen LogP contribution >= 0.6 is 0 Å². The van der Waals surface area contributed by atoms with Gasteiger partial charge < -0.3 is 9.68 Å². The molecule has 0 aromatic heterocycles. The van der Waals surface area contributed by atoms with E-state index >= 15 is 0 Å². The van der Waals surface area contributed by atoms with Gasteiger partial charge in [0.1, 0.15) is 0 Å². The molecule has 0 spiro atoms. The maximum atomic E-state index is 11.6. The smallest absolute Gasteiger partial charge is 0.319 e. The molecule has 2 saturated heterocycles. The Hall–Kier alpha value is -2.96. The van der Waals surface area contributed by atoms with E-state index < -0.39 is 89.3 Å². The van der Waals surface area contributed by atoms with Crippen LogP contribution < -0.4 is 0 Å². The van der Waals surface area contributed by atoms with Crippen LogP contribution in [0.25, 0.3) is 0 Å². The van der Waals surface area contributed by atoms with Crippen LogP contribution in [-0.4, -0.2) is 82.1 Å². The van der Waals surface area contributed by atoms with Gasteiger partial charge in [-0.3, -0.25) is 28.3 Å². The monoisotopic (exact) mass is 444 g/mol. The third-order valence-corrected chi connectivity index (χ3v) is 5.53. The van der Waals surface area contributed by atoms with Gasteiger partial charge in [0.2, 0.25) is 0 Å². The van der Waals surface area contributed by atoms with Gasteiger partial charge in [0.25, 0.3) is 43.9 Å². The summed E-state index contributed by atoms with van der Waals surface area (Å²) < 4.78 is 61.4. The number of imide groups is 2. The summed E-state index contributed by atoms with van der Waals surface area (Å²) in [5.74, 6) is -10.6. The van der Waals surface area contributed by atoms with Crippen LogP contribution in [0.1, 0.15) is 12.8 Å². The summed E-state index contributed by atoms with van der Waals surface area (Å²) >= 11 is 0. The Balaban J connectivity index is 2.07. The normalized spacial score (nSPS) is 23.4. The quantitative estimate of drug-likeness (QED) is 0.238. The van der Waals surface area contributed by atoms with Crippen molar-refractivity contribution in [1.82, 2.24) is 10.1 Å². The molecule has 2 aliphatic heterocycles. The van der Waals surface area contributed by atoms with Gasteiger partial charge in [-0.1, -0.05) is 0 Å². The van der Waals surface area contributed by atoms with Crippen molar-refractivity contribution in [3.8, 4) is 0 Å². The van der Waals surface area contributed by atoms with Gasteiger partial charge in [0.05, 0.1) is 12.8 Å². The van der Waals surface area contributed by atoms with Gasteiger partial charge in [0.15, 0.2) is 10.5 Å². The molecular weight excluding hydrogens is 436 g/mol. The van der Waals surface area contributed by atoms with Crippen molar-refractivity contribution < 1.29 is 64.4 Å². The molecule has 18 heteroatoms. The third kappa shape index (κ3) is 3.98. The molecule has 16 nitrogen and oxygen atoms in total. The van der Waals surface area contributed by atoms with E-state index in [1.54, 1.807) is 0 Å². The highest BCUT2D eigenvalue weighted by Gasteiger charge is 2.51. The van der Waals surface area contributed by atoms with E-state index in [4.69, 9.17) is 9.11 Å². The number of hydrogen-bond donors (Lipinski definition) is 2. The summed E-state index contributed by atoms with van der Waals surface area (Å²) in [7, 11) is -10.0. The highest BCUT2D eigenvalue weighted by molar-refractivity contribution is 7.87. The summed E-state index contributed by atoms with van der Waals surface area (Å²) in [6.45, 7) is 0. The van der Waals surface area contributed by atoms with Crippen LogP contribution in [0.2, 0.25) is 0 Å². The van der Waals surface area contributed by atoms with Gasteiger partial charge >= 0.3 is 11.9 Å². The van der Waals surface area contributed by atoms with Crippen LogP contribution in [0.4, 0.5) is 0 Å². The fourth-order valence-corrected chi connectivity index (χ4v) is 3.47. The number of nitrogens with zero attached hydrogens (tertiary/aromatic N) is 2. The first kappa shape index (κ1) is 21.3. The second-order valence-electron chi connectivity index (χ2n) is 5.23. The van der Waals surface area contributed by atoms with Crippen LogP contribution in [0.5, 0.6) is 0 Å². The first-order chi connectivity index (χ1) is 12.6. The lowest BCUT2D eigenvalue weighted by molar-refractivity contribution is -0.215. The number of carbonyl (C=O) groups excluding carboxylic acids is 6. The molecule has 0 saturated carbocycles. The fourth-order valence-electron chi connectivity index (χ4n) is 2.06. The standard InChI is InChI=1S/C10H8N2O14S2/c13-5-1-3(27(19,20)21)7(15)11(5)25-9(17)10(18)26-12-6(14)2-4(8(12)16)28(22,23)24/h3-4H,1-2H2,(H,19,20,21)(H,22,23,24). The zero-order valence-corrected chi connectivity index (χ0v) is 14.7. The Kier molecular flexibility index (Phi) is 5.25. The second-order valence-corrected chi connectivity index (χ2v) is 8.42. The van der Waals surface area contributed by atoms with Crippen molar-refractivity contribution in [3.63, 3.8) is 0 Å². The SMILES string of the molecule is O=C(ON1C(=O)CC(S(=O)(=O)O)C1=O)C(=O)ON1C(=O)CC(S(=O)(=O)O)C1=O. The highest BCUT2D eigenvalue weighted by atomic mass is 32.2. The molecule has 2 rings (SSSR count). The summed E-state index contributed by atoms with van der Waals surface area (Å²) in [6.07, 6.45) is -2.20. The Morgan fingerprint density at radius 2 is 1.04 bits per heavy atom. The molecule has 28 heavy (non-hydrogen) atoms. The van der Waals surface area contributed by atoms with Crippen LogP contribution in [-0.2, 0) is 58.7 Å². The number of hydroxylamine groups is 4. The molecule has 2 fully saturated rings. The fraction of sp³-hybridized carbons (Fsp3) is 0.400. The van der Waals surface area contributed by atoms with E-state index in [9.17, 15) is 45.6 Å². The third-order valence-electron chi connectivity index (χ3n) is 3.36. The maximum absolute atomic E-state index is 11.6. The average molecular weight is 444 g/mol. The van der Waals surface area contributed by atoms with Crippen LogP contribution in [0, 0.1) is 0 Å². The topological polar surface area (TPSA) is 236 Å². The van der Waals surface area contributed by atoms with E-state index in [0.717, 1.165) is 0 Å². The minimum atomic E-state index is -5.02. The molecule has 4 amide bonds. The maximum Gasteiger partial charge on any atom is 0.444 e. The number of hydrogen-bond acceptors (Lipinski definition) is 12. The molecule has 2 N–H and O–H groups in total. The van der Waals surface area contributed by atoms with Crippen LogP contribution in [0.15, 0.2) is 0 Å².